The molecule has 0 radical (unpaired) electrons. The summed E-state index contributed by atoms with van der Waals surface area (Å²) >= 11 is 0. The number of hydrogen-bond acceptors (Lipinski definition) is 7. The van der Waals surface area contributed by atoms with E-state index in [2.05, 4.69) is 5.32 Å². The molecule has 8 N–H and O–H groups in total. The Morgan fingerprint density at radius 3 is 1.95 bits per heavy atom. The fourth-order valence-corrected chi connectivity index (χ4v) is 4.44. The van der Waals surface area contributed by atoms with E-state index >= 15 is 0 Å². The number of anilines is 1. The van der Waals surface area contributed by atoms with E-state index < -0.39 is 55.3 Å². The fourth-order valence-electron chi connectivity index (χ4n) is 3.84. The number of aryl methyl sites for hydroxylation is 2. The number of nitrogens with one attached hydrogen (secondary N) is 1. The van der Waals surface area contributed by atoms with Crippen molar-refractivity contribution in [2.24, 2.45) is 17.6 Å². The number of fused-ring (bicyclic) bond motifs is 2. The number of benzene rings is 1. The van der Waals surface area contributed by atoms with E-state index in [1.54, 1.807) is 12.2 Å². The van der Waals surface area contributed by atoms with Gasteiger partial charge in [-0.25, -0.2) is 0 Å². The molecule has 5 unspecified atom stereocenters. The van der Waals surface area contributed by atoms with Crippen LogP contribution in [0.25, 0.3) is 0 Å². The number of nitrogens with two attached hydrogens (primary N) is 1. The van der Waals surface area contributed by atoms with Crippen molar-refractivity contribution in [3.8, 4) is 0 Å². The van der Waals surface area contributed by atoms with Gasteiger partial charge in [-0.3, -0.25) is 23.7 Å². The van der Waals surface area contributed by atoms with Crippen LogP contribution in [0.1, 0.15) is 50.2 Å². The van der Waals surface area contributed by atoms with Gasteiger partial charge >= 0.3 is 25.5 Å². The van der Waals surface area contributed by atoms with Crippen LogP contribution in [0.2, 0.25) is 0 Å². The van der Waals surface area contributed by atoms with E-state index in [9.17, 15) is 23.7 Å². The Morgan fingerprint density at radius 1 is 1.00 bits per heavy atom. The zero-order valence-corrected chi connectivity index (χ0v) is 22.9. The normalized spacial score (nSPS) is 21.6. The van der Waals surface area contributed by atoms with E-state index in [0.717, 1.165) is 16.8 Å². The summed E-state index contributed by atoms with van der Waals surface area (Å²) in [6, 6.07) is 5.84. The van der Waals surface area contributed by atoms with Crippen LogP contribution in [0.5, 0.6) is 0 Å². The van der Waals surface area contributed by atoms with E-state index in [4.69, 9.17) is 35.6 Å². The van der Waals surface area contributed by atoms with E-state index in [-0.39, 0.29) is 18.7 Å². The molecule has 2 bridgehead atoms. The van der Waals surface area contributed by atoms with Crippen molar-refractivity contribution >= 4 is 37.1 Å². The van der Waals surface area contributed by atoms with Crippen molar-refractivity contribution in [2.75, 3.05) is 5.32 Å². The molecule has 0 aromatic heterocycles. The molecule has 5 atom stereocenters. The number of aliphatic carboxylic acids is 3. The second-order valence-corrected chi connectivity index (χ2v) is 11.1. The summed E-state index contributed by atoms with van der Waals surface area (Å²) < 4.78 is 15.4. The van der Waals surface area contributed by atoms with Gasteiger partial charge in [0, 0.05) is 18.5 Å². The number of ether oxygens (including phenoxy) is 1. The van der Waals surface area contributed by atoms with E-state index in [0.29, 0.717) is 19.3 Å². The predicted molar refractivity (Wildman–Crippen MR) is 141 cm³/mol. The monoisotopic (exact) mass is 572 g/mol. The minimum absolute atomic E-state index is 0.0280. The first-order chi connectivity index (χ1) is 18.1. The SMILES string of the molecule is CCCC(N)P(=O)(O)O.Cc1ccc(C)c(NC(=O)CCCC(=O)O)c1.O=C(O)C1C2C=CC(O2)C1C(=O)O. The highest BCUT2D eigenvalue weighted by atomic mass is 31.2. The van der Waals surface area contributed by atoms with E-state index in [1.807, 2.05) is 39.0 Å². The minimum Gasteiger partial charge on any atom is -0.481 e. The third-order valence-electron chi connectivity index (χ3n) is 5.95. The van der Waals surface area contributed by atoms with Gasteiger partial charge in [0.05, 0.1) is 12.2 Å². The molecule has 218 valence electrons. The van der Waals surface area contributed by atoms with Crippen LogP contribution < -0.4 is 11.1 Å². The molecule has 0 saturated carbocycles. The van der Waals surface area contributed by atoms with Crippen LogP contribution in [0.4, 0.5) is 5.69 Å². The molecule has 39 heavy (non-hydrogen) atoms. The van der Waals surface area contributed by atoms with Crippen molar-refractivity contribution in [1.29, 1.82) is 0 Å². The Hall–Kier alpha value is -3.09. The Kier molecular flexibility index (Phi) is 13.5. The zero-order valence-electron chi connectivity index (χ0n) is 22.0. The lowest BCUT2D eigenvalue weighted by Crippen LogP contribution is -2.36. The summed E-state index contributed by atoms with van der Waals surface area (Å²) in [6.45, 7) is 5.71. The second-order valence-electron chi connectivity index (χ2n) is 9.24. The smallest absolute Gasteiger partial charge is 0.342 e. The molecule has 14 heteroatoms. The summed E-state index contributed by atoms with van der Waals surface area (Å²) in [7, 11) is -4.00. The van der Waals surface area contributed by atoms with Crippen LogP contribution in [0.15, 0.2) is 30.4 Å². The predicted octanol–water partition coefficient (Wildman–Crippen LogP) is 2.47. The summed E-state index contributed by atoms with van der Waals surface area (Å²) in [5.74, 6) is -6.07. The van der Waals surface area contributed by atoms with Crippen LogP contribution in [0.3, 0.4) is 0 Å². The molecule has 1 saturated heterocycles. The Balaban J connectivity index is 0.000000308. The Bertz CT molecular complexity index is 1070. The highest BCUT2D eigenvalue weighted by Crippen LogP contribution is 2.40. The largest absolute Gasteiger partial charge is 0.481 e. The van der Waals surface area contributed by atoms with Gasteiger partial charge in [-0.05, 0) is 43.9 Å². The molecule has 2 aliphatic rings. The molecule has 1 aromatic rings. The Morgan fingerprint density at radius 2 is 1.54 bits per heavy atom. The first-order valence-electron chi connectivity index (χ1n) is 12.3. The van der Waals surface area contributed by atoms with Gasteiger partial charge in [0.2, 0.25) is 5.91 Å². The maximum Gasteiger partial charge on any atom is 0.342 e. The van der Waals surface area contributed by atoms with Gasteiger partial charge in [0.15, 0.2) is 0 Å². The van der Waals surface area contributed by atoms with Gasteiger partial charge in [0.1, 0.15) is 17.6 Å². The van der Waals surface area contributed by atoms with Crippen molar-refractivity contribution in [3.63, 3.8) is 0 Å². The number of carboxylic acids is 3. The zero-order chi connectivity index (χ0) is 29.9. The molecule has 3 rings (SSSR count). The maximum atomic E-state index is 11.6. The molecule has 2 heterocycles. The number of carbonyl (C=O) groups excluding carboxylic acids is 1. The first-order valence-corrected chi connectivity index (χ1v) is 14.0. The minimum atomic E-state index is -4.00. The summed E-state index contributed by atoms with van der Waals surface area (Å²) in [6.07, 6.45) is 3.81. The molecule has 2 aliphatic heterocycles. The number of amides is 1. The highest BCUT2D eigenvalue weighted by Gasteiger charge is 2.53. The maximum absolute atomic E-state index is 11.6. The molecule has 1 fully saturated rings. The molecule has 1 amide bonds. The third-order valence-corrected chi connectivity index (χ3v) is 7.07. The van der Waals surface area contributed by atoms with Crippen LogP contribution in [-0.4, -0.2) is 66.9 Å². The lowest BCUT2D eigenvalue weighted by molar-refractivity contribution is -0.152. The topological polar surface area (TPSA) is 234 Å². The molecular formula is C25H37N2O11P. The van der Waals surface area contributed by atoms with Crippen molar-refractivity contribution in [2.45, 2.75) is 70.9 Å². The number of hydrogen-bond donors (Lipinski definition) is 7. The average molecular weight is 573 g/mol. The van der Waals surface area contributed by atoms with Crippen LogP contribution in [-0.2, 0) is 28.5 Å². The van der Waals surface area contributed by atoms with Gasteiger partial charge in [0.25, 0.3) is 0 Å². The molecule has 0 aliphatic carbocycles. The number of carbonyl (C=O) groups is 4. The molecule has 0 spiro atoms. The van der Waals surface area contributed by atoms with Crippen LogP contribution >= 0.6 is 7.60 Å². The van der Waals surface area contributed by atoms with Crippen LogP contribution in [0, 0.1) is 25.7 Å². The van der Waals surface area contributed by atoms with Gasteiger partial charge < -0.3 is 40.9 Å². The van der Waals surface area contributed by atoms with Crippen molar-refractivity contribution < 1.29 is 53.6 Å². The molecule has 1 aromatic carbocycles. The first kappa shape index (κ1) is 33.9. The quantitative estimate of drug-likeness (QED) is 0.158. The van der Waals surface area contributed by atoms with Gasteiger partial charge in [-0.1, -0.05) is 37.6 Å². The van der Waals surface area contributed by atoms with Gasteiger partial charge in [-0.15, -0.1) is 0 Å². The standard InChI is InChI=1S/C13H17NO3.C8H8O5.C4H12NO3P/c1-9-6-7-10(2)11(8-9)14-12(15)4-3-5-13(16)17;9-7(10)5-3-1-2-4(13-3)6(5)8(11)12;1-2-3-4(5)9(6,7)8/h6-8H,3-5H2,1-2H3,(H,14,15)(H,16,17);1-6H,(H,9,10)(H,11,12);4H,2-3,5H2,1H3,(H2,6,7,8). The van der Waals surface area contributed by atoms with Crippen molar-refractivity contribution in [1.82, 2.24) is 0 Å². The Labute approximate surface area is 226 Å². The summed E-state index contributed by atoms with van der Waals surface area (Å²) in [5.41, 5.74) is 7.98. The lowest BCUT2D eigenvalue weighted by Gasteiger charge is -2.16. The van der Waals surface area contributed by atoms with Crippen molar-refractivity contribution in [3.05, 3.63) is 41.5 Å². The molecular weight excluding hydrogens is 535 g/mol. The van der Waals surface area contributed by atoms with E-state index in [1.165, 1.54) is 0 Å². The van der Waals surface area contributed by atoms with Gasteiger partial charge in [-0.2, -0.15) is 0 Å². The molecule has 13 nitrogen and oxygen atoms in total. The lowest BCUT2D eigenvalue weighted by atomic mass is 9.83. The summed E-state index contributed by atoms with van der Waals surface area (Å²) in [4.78, 5) is 60.1. The second kappa shape index (κ2) is 15.5. The highest BCUT2D eigenvalue weighted by molar-refractivity contribution is 7.52. The number of carboxylic acid groups (broad SMARTS) is 3. The number of rotatable bonds is 10. The third kappa shape index (κ3) is 11.3. The average Bonchev–Trinajstić information content (AvgIpc) is 3.44. The summed E-state index contributed by atoms with van der Waals surface area (Å²) in [5, 5.41) is 28.8. The fraction of sp³-hybridized carbons (Fsp3) is 0.520.